The molecule has 0 saturated carbocycles. The molecule has 0 spiro atoms. The number of nitriles is 1. The standard InChI is InChI=1S/C24H24FN5O/c1-27-13-14-30(17-31)23-10-9-22(21-8-3-2-6-19(21)16-26)29-24(23)28-12-11-18-5-4-7-20(25)15-18/h2-10,15,17,27H,11-14H2,1H3,(H,28,29). The fourth-order valence-electron chi connectivity index (χ4n) is 3.25. The molecular weight excluding hydrogens is 393 g/mol. The Balaban J connectivity index is 1.91. The second-order valence-corrected chi connectivity index (χ2v) is 6.93. The summed E-state index contributed by atoms with van der Waals surface area (Å²) in [4.78, 5) is 18.0. The molecule has 158 valence electrons. The molecule has 0 atom stereocenters. The zero-order valence-corrected chi connectivity index (χ0v) is 17.3. The van der Waals surface area contributed by atoms with E-state index in [0.717, 1.165) is 17.5 Å². The number of likely N-dealkylation sites (N-methyl/N-ethyl adjacent to an activating group) is 1. The molecule has 0 unspecified atom stereocenters. The van der Waals surface area contributed by atoms with Gasteiger partial charge in [0.25, 0.3) is 0 Å². The van der Waals surface area contributed by atoms with Gasteiger partial charge < -0.3 is 15.5 Å². The molecule has 0 aliphatic rings. The molecule has 3 aromatic rings. The Morgan fingerprint density at radius 2 is 1.97 bits per heavy atom. The van der Waals surface area contributed by atoms with Crippen molar-refractivity contribution >= 4 is 17.9 Å². The molecule has 0 radical (unpaired) electrons. The summed E-state index contributed by atoms with van der Waals surface area (Å²) >= 11 is 0. The summed E-state index contributed by atoms with van der Waals surface area (Å²) in [6, 6.07) is 19.5. The van der Waals surface area contributed by atoms with E-state index in [4.69, 9.17) is 4.98 Å². The molecule has 0 aliphatic heterocycles. The van der Waals surface area contributed by atoms with Gasteiger partial charge in [0, 0.05) is 25.2 Å². The monoisotopic (exact) mass is 417 g/mol. The summed E-state index contributed by atoms with van der Waals surface area (Å²) in [5.74, 6) is 0.260. The van der Waals surface area contributed by atoms with Crippen molar-refractivity contribution in [1.82, 2.24) is 10.3 Å². The minimum atomic E-state index is -0.273. The fraction of sp³-hybridized carbons (Fsp3) is 0.208. The Bertz CT molecular complexity index is 1080. The minimum Gasteiger partial charge on any atom is -0.368 e. The molecule has 7 heteroatoms. The summed E-state index contributed by atoms with van der Waals surface area (Å²) in [6.45, 7) is 1.61. The number of hydrogen-bond acceptors (Lipinski definition) is 5. The van der Waals surface area contributed by atoms with Crippen LogP contribution in [0.5, 0.6) is 0 Å². The largest absolute Gasteiger partial charge is 0.368 e. The Labute approximate surface area is 181 Å². The van der Waals surface area contributed by atoms with Crippen molar-refractivity contribution in [3.8, 4) is 17.3 Å². The van der Waals surface area contributed by atoms with Crippen molar-refractivity contribution in [3.63, 3.8) is 0 Å². The Morgan fingerprint density at radius 3 is 2.71 bits per heavy atom. The summed E-state index contributed by atoms with van der Waals surface area (Å²) in [7, 11) is 1.82. The van der Waals surface area contributed by atoms with Crippen LogP contribution in [-0.2, 0) is 11.2 Å². The number of halogens is 1. The minimum absolute atomic E-state index is 0.273. The highest BCUT2D eigenvalue weighted by molar-refractivity contribution is 5.83. The predicted octanol–water partition coefficient (Wildman–Crippen LogP) is 3.60. The van der Waals surface area contributed by atoms with Crippen LogP contribution in [0.25, 0.3) is 11.3 Å². The van der Waals surface area contributed by atoms with Gasteiger partial charge in [-0.2, -0.15) is 5.26 Å². The van der Waals surface area contributed by atoms with Gasteiger partial charge >= 0.3 is 0 Å². The number of carbonyl (C=O) groups excluding carboxylic acids is 1. The molecule has 2 N–H and O–H groups in total. The predicted molar refractivity (Wildman–Crippen MR) is 120 cm³/mol. The van der Waals surface area contributed by atoms with Gasteiger partial charge in [0.2, 0.25) is 6.41 Å². The van der Waals surface area contributed by atoms with E-state index in [1.54, 1.807) is 29.2 Å². The molecule has 1 amide bonds. The normalized spacial score (nSPS) is 10.4. The maximum Gasteiger partial charge on any atom is 0.214 e. The number of benzene rings is 2. The average Bonchev–Trinajstić information content (AvgIpc) is 2.80. The Morgan fingerprint density at radius 1 is 1.13 bits per heavy atom. The molecule has 3 rings (SSSR count). The second-order valence-electron chi connectivity index (χ2n) is 6.93. The molecule has 31 heavy (non-hydrogen) atoms. The third-order valence-corrected chi connectivity index (χ3v) is 4.83. The van der Waals surface area contributed by atoms with Gasteiger partial charge in [0.05, 0.1) is 23.0 Å². The van der Waals surface area contributed by atoms with Gasteiger partial charge in [-0.1, -0.05) is 30.3 Å². The van der Waals surface area contributed by atoms with Crippen molar-refractivity contribution in [2.75, 3.05) is 36.9 Å². The van der Waals surface area contributed by atoms with Crippen molar-refractivity contribution in [2.24, 2.45) is 0 Å². The highest BCUT2D eigenvalue weighted by Gasteiger charge is 2.15. The summed E-state index contributed by atoms with van der Waals surface area (Å²) in [5.41, 5.74) is 3.38. The summed E-state index contributed by atoms with van der Waals surface area (Å²) in [6.07, 6.45) is 1.37. The van der Waals surface area contributed by atoms with E-state index in [-0.39, 0.29) is 5.82 Å². The lowest BCUT2D eigenvalue weighted by atomic mass is 10.0. The summed E-state index contributed by atoms with van der Waals surface area (Å²) in [5, 5.41) is 15.7. The van der Waals surface area contributed by atoms with Crippen LogP contribution in [0.1, 0.15) is 11.1 Å². The van der Waals surface area contributed by atoms with Gasteiger partial charge in [0.1, 0.15) is 5.82 Å². The van der Waals surface area contributed by atoms with E-state index >= 15 is 0 Å². The van der Waals surface area contributed by atoms with Gasteiger partial charge in [-0.25, -0.2) is 9.37 Å². The van der Waals surface area contributed by atoms with Crippen molar-refractivity contribution in [2.45, 2.75) is 6.42 Å². The number of hydrogen-bond donors (Lipinski definition) is 2. The molecule has 6 nitrogen and oxygen atoms in total. The lowest BCUT2D eigenvalue weighted by molar-refractivity contribution is -0.107. The maximum absolute atomic E-state index is 13.5. The molecule has 0 fully saturated rings. The van der Waals surface area contributed by atoms with Crippen molar-refractivity contribution < 1.29 is 9.18 Å². The van der Waals surface area contributed by atoms with Crippen LogP contribution in [0.3, 0.4) is 0 Å². The van der Waals surface area contributed by atoms with Crippen LogP contribution in [0, 0.1) is 17.1 Å². The smallest absolute Gasteiger partial charge is 0.214 e. The Kier molecular flexibility index (Phi) is 7.68. The van der Waals surface area contributed by atoms with E-state index in [1.165, 1.54) is 12.1 Å². The van der Waals surface area contributed by atoms with Gasteiger partial charge in [-0.05, 0) is 49.4 Å². The van der Waals surface area contributed by atoms with Crippen LogP contribution in [-0.4, -0.2) is 38.1 Å². The molecule has 2 aromatic carbocycles. The van der Waals surface area contributed by atoms with Gasteiger partial charge in [-0.15, -0.1) is 0 Å². The first-order valence-electron chi connectivity index (χ1n) is 10.0. The number of anilines is 2. The molecule has 0 saturated heterocycles. The SMILES string of the molecule is CNCCN(C=O)c1ccc(-c2ccccc2C#N)nc1NCCc1cccc(F)c1. The van der Waals surface area contributed by atoms with Crippen molar-refractivity contribution in [1.29, 1.82) is 5.26 Å². The van der Waals surface area contributed by atoms with Crippen LogP contribution in [0.15, 0.2) is 60.7 Å². The number of pyridine rings is 1. The number of carbonyl (C=O) groups is 1. The number of aromatic nitrogens is 1. The number of nitrogens with zero attached hydrogens (tertiary/aromatic N) is 3. The first-order valence-corrected chi connectivity index (χ1v) is 10.0. The third kappa shape index (κ3) is 5.65. The first kappa shape index (κ1) is 21.9. The highest BCUT2D eigenvalue weighted by atomic mass is 19.1. The molecular formula is C24H24FN5O. The average molecular weight is 417 g/mol. The highest BCUT2D eigenvalue weighted by Crippen LogP contribution is 2.29. The lowest BCUT2D eigenvalue weighted by Gasteiger charge is -2.21. The lowest BCUT2D eigenvalue weighted by Crippen LogP contribution is -2.30. The molecule has 0 aliphatic carbocycles. The van der Waals surface area contributed by atoms with E-state index in [1.807, 2.05) is 31.3 Å². The van der Waals surface area contributed by atoms with E-state index in [9.17, 15) is 14.4 Å². The van der Waals surface area contributed by atoms with E-state index < -0.39 is 0 Å². The number of rotatable bonds is 10. The maximum atomic E-state index is 13.5. The quantitative estimate of drug-likeness (QED) is 0.493. The van der Waals surface area contributed by atoms with Crippen LogP contribution >= 0.6 is 0 Å². The number of amides is 1. The van der Waals surface area contributed by atoms with Gasteiger partial charge in [-0.3, -0.25) is 4.79 Å². The van der Waals surface area contributed by atoms with Crippen LogP contribution < -0.4 is 15.5 Å². The molecule has 0 bridgehead atoms. The van der Waals surface area contributed by atoms with E-state index in [0.29, 0.717) is 48.8 Å². The zero-order chi connectivity index (χ0) is 22.1. The topological polar surface area (TPSA) is 81.1 Å². The molecule has 1 aromatic heterocycles. The number of nitrogens with one attached hydrogen (secondary N) is 2. The van der Waals surface area contributed by atoms with Crippen LogP contribution in [0.2, 0.25) is 0 Å². The van der Waals surface area contributed by atoms with Crippen molar-refractivity contribution in [3.05, 3.63) is 77.6 Å². The van der Waals surface area contributed by atoms with Crippen LogP contribution in [0.4, 0.5) is 15.9 Å². The zero-order valence-electron chi connectivity index (χ0n) is 17.3. The summed E-state index contributed by atoms with van der Waals surface area (Å²) < 4.78 is 13.5. The Hall–Kier alpha value is -3.76. The second kappa shape index (κ2) is 10.9. The first-order chi connectivity index (χ1) is 15.2. The third-order valence-electron chi connectivity index (χ3n) is 4.83. The fourth-order valence-corrected chi connectivity index (χ4v) is 3.25. The molecule has 1 heterocycles. The van der Waals surface area contributed by atoms with E-state index in [2.05, 4.69) is 16.7 Å². The van der Waals surface area contributed by atoms with Gasteiger partial charge in [0.15, 0.2) is 5.82 Å².